The molecule has 0 bridgehead atoms. The van der Waals surface area contributed by atoms with Crippen LogP contribution in [0.15, 0.2) is 24.3 Å². The molecule has 9 heteroatoms. The summed E-state index contributed by atoms with van der Waals surface area (Å²) >= 11 is 0. The molecule has 3 atom stereocenters. The lowest BCUT2D eigenvalue weighted by Crippen LogP contribution is -2.59. The zero-order valence-electron chi connectivity index (χ0n) is 18.4. The van der Waals surface area contributed by atoms with Crippen molar-refractivity contribution >= 4 is 17.5 Å². The van der Waals surface area contributed by atoms with Crippen molar-refractivity contribution in [3.63, 3.8) is 0 Å². The van der Waals surface area contributed by atoms with E-state index in [1.54, 1.807) is 14.2 Å². The van der Waals surface area contributed by atoms with Gasteiger partial charge in [-0.25, -0.2) is 5.43 Å². The molecule has 3 unspecified atom stereocenters. The van der Waals surface area contributed by atoms with Crippen LogP contribution in [0.3, 0.4) is 0 Å². The number of amides is 2. The van der Waals surface area contributed by atoms with Gasteiger partial charge in [0.2, 0.25) is 11.8 Å². The van der Waals surface area contributed by atoms with Crippen molar-refractivity contribution in [2.75, 3.05) is 71.5 Å². The number of piperidine rings is 1. The van der Waals surface area contributed by atoms with Crippen molar-refractivity contribution in [3.05, 3.63) is 24.3 Å². The number of fused-ring (bicyclic) bond motifs is 1. The summed E-state index contributed by atoms with van der Waals surface area (Å²) in [5.41, 5.74) is 6.98. The largest absolute Gasteiger partial charge is 0.497 e. The SMILES string of the molecule is COCCCN1CC2C(=O)NNC2C(C(=O)N2CCN(c3ccc(OC)cc3)CC2)C1. The van der Waals surface area contributed by atoms with E-state index in [4.69, 9.17) is 9.47 Å². The van der Waals surface area contributed by atoms with Gasteiger partial charge in [-0.3, -0.25) is 15.0 Å². The molecule has 3 aliphatic heterocycles. The monoisotopic (exact) mass is 431 g/mol. The maximum absolute atomic E-state index is 13.5. The predicted molar refractivity (Wildman–Crippen MR) is 117 cm³/mol. The number of benzene rings is 1. The Morgan fingerprint density at radius 3 is 2.52 bits per heavy atom. The van der Waals surface area contributed by atoms with Gasteiger partial charge in [0.1, 0.15) is 5.75 Å². The van der Waals surface area contributed by atoms with Crippen molar-refractivity contribution in [3.8, 4) is 5.75 Å². The number of likely N-dealkylation sites (tertiary alicyclic amines) is 1. The zero-order valence-corrected chi connectivity index (χ0v) is 18.4. The Morgan fingerprint density at radius 1 is 1.10 bits per heavy atom. The third-order valence-electron chi connectivity index (χ3n) is 6.64. The number of carbonyl (C=O) groups is 2. The van der Waals surface area contributed by atoms with E-state index in [1.165, 1.54) is 0 Å². The van der Waals surface area contributed by atoms with Gasteiger partial charge in [-0.1, -0.05) is 0 Å². The van der Waals surface area contributed by atoms with Gasteiger partial charge in [0.15, 0.2) is 0 Å². The second kappa shape index (κ2) is 9.84. The molecule has 2 N–H and O–H groups in total. The highest BCUT2D eigenvalue weighted by Gasteiger charge is 2.48. The van der Waals surface area contributed by atoms with E-state index in [0.29, 0.717) is 32.8 Å². The first-order chi connectivity index (χ1) is 15.1. The molecule has 1 aromatic rings. The molecular weight excluding hydrogens is 398 g/mol. The fourth-order valence-electron chi connectivity index (χ4n) is 4.89. The Labute approximate surface area is 183 Å². The van der Waals surface area contributed by atoms with Crippen molar-refractivity contribution in [1.29, 1.82) is 0 Å². The van der Waals surface area contributed by atoms with Gasteiger partial charge in [-0.05, 0) is 30.7 Å². The molecule has 0 saturated carbocycles. The summed E-state index contributed by atoms with van der Waals surface area (Å²) in [5.74, 6) is 0.554. The Hall–Kier alpha value is -2.36. The van der Waals surface area contributed by atoms with Gasteiger partial charge >= 0.3 is 0 Å². The normalized spacial score (nSPS) is 26.5. The fourth-order valence-corrected chi connectivity index (χ4v) is 4.89. The van der Waals surface area contributed by atoms with E-state index in [0.717, 1.165) is 37.5 Å². The van der Waals surface area contributed by atoms with Gasteiger partial charge in [0.25, 0.3) is 0 Å². The molecule has 9 nitrogen and oxygen atoms in total. The second-order valence-electron chi connectivity index (χ2n) is 8.49. The van der Waals surface area contributed by atoms with Crippen LogP contribution in [0.4, 0.5) is 5.69 Å². The van der Waals surface area contributed by atoms with Crippen LogP contribution in [0.2, 0.25) is 0 Å². The van der Waals surface area contributed by atoms with Crippen LogP contribution in [0, 0.1) is 11.8 Å². The van der Waals surface area contributed by atoms with E-state index < -0.39 is 0 Å². The van der Waals surface area contributed by atoms with Gasteiger partial charge in [0, 0.05) is 65.2 Å². The first kappa shape index (κ1) is 21.9. The number of rotatable bonds is 7. The number of nitrogens with one attached hydrogen (secondary N) is 2. The summed E-state index contributed by atoms with van der Waals surface area (Å²) in [4.78, 5) is 32.3. The minimum absolute atomic E-state index is 0.0106. The number of ether oxygens (including phenoxy) is 2. The molecule has 0 radical (unpaired) electrons. The molecule has 3 fully saturated rings. The summed E-state index contributed by atoms with van der Waals surface area (Å²) in [6.45, 7) is 5.82. The molecule has 0 aromatic heterocycles. The first-order valence-corrected chi connectivity index (χ1v) is 11.0. The van der Waals surface area contributed by atoms with Crippen molar-refractivity contribution in [2.24, 2.45) is 11.8 Å². The van der Waals surface area contributed by atoms with Crippen LogP contribution in [0.25, 0.3) is 0 Å². The lowest BCUT2D eigenvalue weighted by molar-refractivity contribution is -0.140. The van der Waals surface area contributed by atoms with E-state index in [-0.39, 0.29) is 29.7 Å². The molecule has 2 amide bonds. The lowest BCUT2D eigenvalue weighted by atomic mass is 9.83. The molecule has 1 aromatic carbocycles. The standard InChI is InChI=1S/C22H33N5O4/c1-30-13-3-8-25-14-18-20(23-24-21(18)28)19(15-25)22(29)27-11-9-26(10-12-27)16-4-6-17(31-2)7-5-16/h4-7,18-20,23H,3,8-15H2,1-2H3,(H,24,28). The first-order valence-electron chi connectivity index (χ1n) is 11.0. The summed E-state index contributed by atoms with van der Waals surface area (Å²) < 4.78 is 10.4. The quantitative estimate of drug-likeness (QED) is 0.585. The minimum atomic E-state index is -0.229. The van der Waals surface area contributed by atoms with Gasteiger partial charge < -0.3 is 24.2 Å². The van der Waals surface area contributed by atoms with Crippen LogP contribution in [-0.4, -0.2) is 94.3 Å². The van der Waals surface area contributed by atoms with Gasteiger partial charge in [-0.2, -0.15) is 0 Å². The molecule has 3 saturated heterocycles. The van der Waals surface area contributed by atoms with Crippen LogP contribution >= 0.6 is 0 Å². The number of hydrogen-bond acceptors (Lipinski definition) is 7. The average molecular weight is 432 g/mol. The molecule has 3 heterocycles. The Kier molecular flexibility index (Phi) is 6.94. The van der Waals surface area contributed by atoms with Crippen molar-refractivity contribution < 1.29 is 19.1 Å². The van der Waals surface area contributed by atoms with E-state index in [2.05, 4.69) is 32.8 Å². The summed E-state index contributed by atoms with van der Waals surface area (Å²) in [6.07, 6.45) is 0.893. The highest BCUT2D eigenvalue weighted by atomic mass is 16.5. The Morgan fingerprint density at radius 2 is 1.84 bits per heavy atom. The number of methoxy groups -OCH3 is 2. The number of anilines is 1. The zero-order chi connectivity index (χ0) is 21.8. The Balaban J connectivity index is 1.37. The highest BCUT2D eigenvalue weighted by Crippen LogP contribution is 2.28. The topological polar surface area (TPSA) is 86.4 Å². The summed E-state index contributed by atoms with van der Waals surface area (Å²) in [7, 11) is 3.36. The number of nitrogens with zero attached hydrogens (tertiary/aromatic N) is 3. The molecule has 31 heavy (non-hydrogen) atoms. The maximum atomic E-state index is 13.5. The van der Waals surface area contributed by atoms with Crippen LogP contribution in [0.5, 0.6) is 5.75 Å². The number of hydrogen-bond donors (Lipinski definition) is 2. The van der Waals surface area contributed by atoms with Crippen molar-refractivity contribution in [2.45, 2.75) is 12.5 Å². The van der Waals surface area contributed by atoms with E-state index >= 15 is 0 Å². The number of piperazine rings is 1. The smallest absolute Gasteiger partial charge is 0.240 e. The number of hydrazine groups is 1. The molecule has 3 aliphatic rings. The summed E-state index contributed by atoms with van der Waals surface area (Å²) in [6, 6.07) is 7.89. The van der Waals surface area contributed by atoms with Crippen LogP contribution in [-0.2, 0) is 14.3 Å². The molecule has 0 aliphatic carbocycles. The third-order valence-corrected chi connectivity index (χ3v) is 6.64. The summed E-state index contributed by atoms with van der Waals surface area (Å²) in [5, 5.41) is 0. The van der Waals surface area contributed by atoms with E-state index in [1.807, 2.05) is 17.0 Å². The number of carbonyl (C=O) groups excluding carboxylic acids is 2. The fraction of sp³-hybridized carbons (Fsp3) is 0.636. The van der Waals surface area contributed by atoms with Crippen LogP contribution < -0.4 is 20.5 Å². The second-order valence-corrected chi connectivity index (χ2v) is 8.49. The van der Waals surface area contributed by atoms with Gasteiger partial charge in [0.05, 0.1) is 25.0 Å². The highest BCUT2D eigenvalue weighted by molar-refractivity contribution is 5.86. The predicted octanol–water partition coefficient (Wildman–Crippen LogP) is -0.0687. The third kappa shape index (κ3) is 4.78. The van der Waals surface area contributed by atoms with Gasteiger partial charge in [-0.15, -0.1) is 0 Å². The maximum Gasteiger partial charge on any atom is 0.240 e. The molecule has 4 rings (SSSR count). The van der Waals surface area contributed by atoms with Crippen LogP contribution in [0.1, 0.15) is 6.42 Å². The molecule has 0 spiro atoms. The Bertz CT molecular complexity index is 766. The molecular formula is C22H33N5O4. The lowest BCUT2D eigenvalue weighted by Gasteiger charge is -2.42. The minimum Gasteiger partial charge on any atom is -0.497 e. The average Bonchev–Trinajstić information content (AvgIpc) is 3.19. The van der Waals surface area contributed by atoms with E-state index in [9.17, 15) is 9.59 Å². The van der Waals surface area contributed by atoms with Crippen molar-refractivity contribution in [1.82, 2.24) is 20.7 Å². The molecule has 170 valence electrons.